The van der Waals surface area contributed by atoms with Gasteiger partial charge in [-0.1, -0.05) is 11.8 Å². The summed E-state index contributed by atoms with van der Waals surface area (Å²) in [6.07, 6.45) is 3.74. The maximum Gasteiger partial charge on any atom is 0.327 e. The van der Waals surface area contributed by atoms with Crippen LogP contribution < -0.4 is 22.1 Å². The third-order valence-corrected chi connectivity index (χ3v) is 5.13. The van der Waals surface area contributed by atoms with Gasteiger partial charge in [-0.2, -0.15) is 0 Å². The lowest BCUT2D eigenvalue weighted by Crippen LogP contribution is -2.44. The SMILES string of the molecule is NCCCN[C@@H](Cc1cnc[nH]1)C(=O)SCC(NC(=O)CCC(N)C(=O)O)C(=O)O. The molecule has 0 fully saturated rings. The van der Waals surface area contributed by atoms with E-state index in [1.165, 1.54) is 6.33 Å². The highest BCUT2D eigenvalue weighted by Gasteiger charge is 2.25. The number of rotatable bonds is 15. The number of carboxylic acid groups (broad SMARTS) is 2. The Morgan fingerprint density at radius 3 is 2.50 bits per heavy atom. The van der Waals surface area contributed by atoms with Crippen molar-refractivity contribution in [1.29, 1.82) is 0 Å². The first-order valence-corrected chi connectivity index (χ1v) is 10.3. The molecular formula is C17H28N6O6S. The van der Waals surface area contributed by atoms with Crippen molar-refractivity contribution in [3.63, 3.8) is 0 Å². The summed E-state index contributed by atoms with van der Waals surface area (Å²) >= 11 is 0.791. The fraction of sp³-hybridized carbons (Fsp3) is 0.588. The fourth-order valence-corrected chi connectivity index (χ4v) is 3.28. The molecule has 9 N–H and O–H groups in total. The summed E-state index contributed by atoms with van der Waals surface area (Å²) in [5.41, 5.74) is 11.5. The highest BCUT2D eigenvalue weighted by Crippen LogP contribution is 2.12. The standard InChI is InChI=1S/C17H28N6O6S/c18-4-1-5-21-12(6-10-7-20-9-22-10)17(29)30-8-13(16(27)28)23-14(24)3-2-11(19)15(25)26/h7,9,11-13,21H,1-6,8,18-19H2,(H,20,22)(H,23,24)(H,25,26)(H,27,28)/t11?,12-,13?/m0/s1. The van der Waals surface area contributed by atoms with Crippen molar-refractivity contribution >= 4 is 34.7 Å². The first-order chi connectivity index (χ1) is 14.2. The summed E-state index contributed by atoms with van der Waals surface area (Å²) in [6.45, 7) is 0.980. The number of nitrogens with two attached hydrogens (primary N) is 2. The minimum absolute atomic E-state index is 0.128. The van der Waals surface area contributed by atoms with E-state index in [4.69, 9.17) is 16.6 Å². The molecule has 1 rings (SSSR count). The number of imidazole rings is 1. The zero-order valence-electron chi connectivity index (χ0n) is 16.4. The molecule has 0 aliphatic carbocycles. The molecule has 0 aromatic carbocycles. The van der Waals surface area contributed by atoms with Gasteiger partial charge in [0.2, 0.25) is 11.0 Å². The van der Waals surface area contributed by atoms with Gasteiger partial charge in [0, 0.05) is 30.5 Å². The van der Waals surface area contributed by atoms with Crippen molar-refractivity contribution in [3.8, 4) is 0 Å². The van der Waals surface area contributed by atoms with Gasteiger partial charge < -0.3 is 37.3 Å². The van der Waals surface area contributed by atoms with Crippen LogP contribution in [0.2, 0.25) is 0 Å². The third kappa shape index (κ3) is 9.82. The molecule has 0 saturated carbocycles. The molecule has 0 radical (unpaired) electrons. The van der Waals surface area contributed by atoms with Crippen LogP contribution in [-0.2, 0) is 25.6 Å². The number of hydrogen-bond acceptors (Lipinski definition) is 9. The number of aromatic nitrogens is 2. The molecule has 1 amide bonds. The molecule has 1 aromatic heterocycles. The van der Waals surface area contributed by atoms with E-state index < -0.39 is 36.0 Å². The minimum atomic E-state index is -1.30. The second-order valence-electron chi connectivity index (χ2n) is 6.50. The number of aromatic amines is 1. The first-order valence-electron chi connectivity index (χ1n) is 9.32. The van der Waals surface area contributed by atoms with Crippen molar-refractivity contribution < 1.29 is 29.4 Å². The second-order valence-corrected chi connectivity index (χ2v) is 7.53. The predicted molar refractivity (Wildman–Crippen MR) is 110 cm³/mol. The monoisotopic (exact) mass is 444 g/mol. The van der Waals surface area contributed by atoms with E-state index in [2.05, 4.69) is 20.6 Å². The first kappa shape index (κ1) is 25.6. The number of carbonyl (C=O) groups is 4. The van der Waals surface area contributed by atoms with Crippen LogP contribution in [0.25, 0.3) is 0 Å². The van der Waals surface area contributed by atoms with Crippen LogP contribution >= 0.6 is 11.8 Å². The molecule has 12 nitrogen and oxygen atoms in total. The van der Waals surface area contributed by atoms with Gasteiger partial charge in [0.25, 0.3) is 0 Å². The van der Waals surface area contributed by atoms with Crippen LogP contribution in [0.4, 0.5) is 0 Å². The number of nitrogens with one attached hydrogen (secondary N) is 3. The van der Waals surface area contributed by atoms with Crippen LogP contribution in [0, 0.1) is 0 Å². The Balaban J connectivity index is 2.59. The maximum absolute atomic E-state index is 12.6. The normalized spacial score (nSPS) is 13.9. The molecule has 0 spiro atoms. The van der Waals surface area contributed by atoms with Crippen molar-refractivity contribution in [2.24, 2.45) is 11.5 Å². The van der Waals surface area contributed by atoms with E-state index in [-0.39, 0.29) is 23.7 Å². The molecule has 2 unspecified atom stereocenters. The van der Waals surface area contributed by atoms with Gasteiger partial charge in [-0.3, -0.25) is 14.4 Å². The lowest BCUT2D eigenvalue weighted by Gasteiger charge is -2.18. The Morgan fingerprint density at radius 1 is 1.20 bits per heavy atom. The fourth-order valence-electron chi connectivity index (χ4n) is 2.35. The number of nitrogens with zero attached hydrogens (tertiary/aromatic N) is 1. The Morgan fingerprint density at radius 2 is 1.93 bits per heavy atom. The highest BCUT2D eigenvalue weighted by atomic mass is 32.2. The average Bonchev–Trinajstić information content (AvgIpc) is 3.21. The largest absolute Gasteiger partial charge is 0.480 e. The summed E-state index contributed by atoms with van der Waals surface area (Å²) in [5, 5.41) is 23.1. The lowest BCUT2D eigenvalue weighted by molar-refractivity contribution is -0.141. The van der Waals surface area contributed by atoms with Gasteiger partial charge in [-0.05, 0) is 25.9 Å². The van der Waals surface area contributed by atoms with Crippen LogP contribution in [0.15, 0.2) is 12.5 Å². The van der Waals surface area contributed by atoms with Gasteiger partial charge in [-0.25, -0.2) is 9.78 Å². The molecule has 0 bridgehead atoms. The van der Waals surface area contributed by atoms with Crippen molar-refractivity contribution in [2.75, 3.05) is 18.8 Å². The van der Waals surface area contributed by atoms with Gasteiger partial charge in [0.1, 0.15) is 12.1 Å². The number of hydrogen-bond donors (Lipinski definition) is 7. The predicted octanol–water partition coefficient (Wildman–Crippen LogP) is -1.72. The van der Waals surface area contributed by atoms with E-state index in [0.29, 0.717) is 25.9 Å². The molecule has 1 heterocycles. The maximum atomic E-state index is 12.6. The Bertz CT molecular complexity index is 701. The average molecular weight is 445 g/mol. The van der Waals surface area contributed by atoms with E-state index in [9.17, 15) is 24.3 Å². The number of carboxylic acids is 2. The van der Waals surface area contributed by atoms with Crippen LogP contribution in [0.5, 0.6) is 0 Å². The molecule has 0 aliphatic rings. The van der Waals surface area contributed by atoms with Crippen molar-refractivity contribution in [3.05, 3.63) is 18.2 Å². The summed E-state index contributed by atoms with van der Waals surface area (Å²) in [4.78, 5) is 53.4. The third-order valence-electron chi connectivity index (χ3n) is 4.06. The molecule has 1 aromatic rings. The number of thioether (sulfide) groups is 1. The minimum Gasteiger partial charge on any atom is -0.480 e. The number of aliphatic carboxylic acids is 2. The Labute approximate surface area is 177 Å². The number of H-pyrrole nitrogens is 1. The van der Waals surface area contributed by atoms with Crippen molar-refractivity contribution in [1.82, 2.24) is 20.6 Å². The summed E-state index contributed by atoms with van der Waals surface area (Å²) in [5.74, 6) is -3.37. The molecule has 3 atom stereocenters. The van der Waals surface area contributed by atoms with Crippen LogP contribution in [-0.4, -0.2) is 80.1 Å². The topological polar surface area (TPSA) is 214 Å². The highest BCUT2D eigenvalue weighted by molar-refractivity contribution is 8.13. The Hall–Kier alpha value is -2.48. The van der Waals surface area contributed by atoms with Gasteiger partial charge >= 0.3 is 11.9 Å². The van der Waals surface area contributed by atoms with E-state index in [1.54, 1.807) is 6.20 Å². The smallest absolute Gasteiger partial charge is 0.327 e. The molecular weight excluding hydrogens is 416 g/mol. The van der Waals surface area contributed by atoms with Crippen LogP contribution in [0.1, 0.15) is 25.0 Å². The molecule has 168 valence electrons. The summed E-state index contributed by atoms with van der Waals surface area (Å²) in [7, 11) is 0. The second kappa shape index (κ2) is 13.7. The van der Waals surface area contributed by atoms with E-state index in [1.807, 2.05) is 0 Å². The van der Waals surface area contributed by atoms with Gasteiger partial charge in [0.05, 0.1) is 12.4 Å². The zero-order chi connectivity index (χ0) is 22.5. The van der Waals surface area contributed by atoms with Crippen molar-refractivity contribution in [2.45, 2.75) is 43.8 Å². The lowest BCUT2D eigenvalue weighted by atomic mass is 10.1. The molecule has 0 aliphatic heterocycles. The zero-order valence-corrected chi connectivity index (χ0v) is 17.2. The Kier molecular flexibility index (Phi) is 11.7. The van der Waals surface area contributed by atoms with Crippen LogP contribution in [0.3, 0.4) is 0 Å². The summed E-state index contributed by atoms with van der Waals surface area (Å²) in [6, 6.07) is -3.09. The molecule has 0 saturated heterocycles. The van der Waals surface area contributed by atoms with E-state index in [0.717, 1.165) is 17.5 Å². The van der Waals surface area contributed by atoms with Gasteiger partial charge in [-0.15, -0.1) is 0 Å². The van der Waals surface area contributed by atoms with Gasteiger partial charge in [0.15, 0.2) is 0 Å². The van der Waals surface area contributed by atoms with E-state index >= 15 is 0 Å². The molecule has 13 heteroatoms. The number of amides is 1. The molecule has 30 heavy (non-hydrogen) atoms. The summed E-state index contributed by atoms with van der Waals surface area (Å²) < 4.78 is 0. The number of carbonyl (C=O) groups excluding carboxylic acids is 2. The quantitative estimate of drug-likeness (QED) is 0.151.